The van der Waals surface area contributed by atoms with Crippen molar-refractivity contribution < 1.29 is 9.53 Å². The Balaban J connectivity index is 2.42. The highest BCUT2D eigenvalue weighted by Crippen LogP contribution is 2.03. The molecule has 0 saturated carbocycles. The van der Waals surface area contributed by atoms with Gasteiger partial charge >= 0.3 is 5.97 Å². The van der Waals surface area contributed by atoms with Gasteiger partial charge < -0.3 is 4.74 Å². The molecule has 0 fully saturated rings. The Kier molecular flexibility index (Phi) is 4.47. The van der Waals surface area contributed by atoms with Gasteiger partial charge in [0.05, 0.1) is 12.3 Å². The predicted molar refractivity (Wildman–Crippen MR) is 56.4 cm³/mol. The van der Waals surface area contributed by atoms with Crippen LogP contribution in [0.2, 0.25) is 0 Å². The molecular weight excluding hydrogens is 200 g/mol. The number of halogens is 1. The van der Waals surface area contributed by atoms with Crippen LogP contribution >= 0.6 is 11.6 Å². The van der Waals surface area contributed by atoms with E-state index in [-0.39, 0.29) is 12.1 Å². The van der Waals surface area contributed by atoms with Gasteiger partial charge in [0.25, 0.3) is 0 Å². The molecule has 76 valence electrons. The number of carbonyl (C=O) groups is 1. The third kappa shape index (κ3) is 3.79. The molecule has 2 nitrogen and oxygen atoms in total. The van der Waals surface area contributed by atoms with Crippen molar-refractivity contribution in [2.75, 3.05) is 5.88 Å². The SMILES string of the molecule is CC(CCl)OC(=O)Cc1ccccc1. The lowest BCUT2D eigenvalue weighted by atomic mass is 10.2. The summed E-state index contributed by atoms with van der Waals surface area (Å²) in [6.07, 6.45) is 0.0927. The molecule has 0 saturated heterocycles. The number of rotatable bonds is 4. The second-order valence-electron chi connectivity index (χ2n) is 3.12. The van der Waals surface area contributed by atoms with Gasteiger partial charge in [-0.25, -0.2) is 0 Å². The minimum Gasteiger partial charge on any atom is -0.461 e. The van der Waals surface area contributed by atoms with Crippen LogP contribution in [0.5, 0.6) is 0 Å². The van der Waals surface area contributed by atoms with Gasteiger partial charge in [-0.15, -0.1) is 11.6 Å². The maximum atomic E-state index is 11.3. The minimum atomic E-state index is -0.232. The Bertz CT molecular complexity index is 285. The van der Waals surface area contributed by atoms with Crippen molar-refractivity contribution in [2.45, 2.75) is 19.4 Å². The lowest BCUT2D eigenvalue weighted by molar-refractivity contribution is -0.146. The summed E-state index contributed by atoms with van der Waals surface area (Å²) in [5.74, 6) is 0.102. The average molecular weight is 213 g/mol. The highest BCUT2D eigenvalue weighted by Gasteiger charge is 2.08. The average Bonchev–Trinajstić information content (AvgIpc) is 2.19. The van der Waals surface area contributed by atoms with Crippen LogP contribution in [0.4, 0.5) is 0 Å². The molecule has 14 heavy (non-hydrogen) atoms. The number of hydrogen-bond acceptors (Lipinski definition) is 2. The Morgan fingerprint density at radius 1 is 1.43 bits per heavy atom. The van der Waals surface area contributed by atoms with Crippen molar-refractivity contribution in [3.8, 4) is 0 Å². The van der Waals surface area contributed by atoms with E-state index >= 15 is 0 Å². The fourth-order valence-electron chi connectivity index (χ4n) is 1.06. The van der Waals surface area contributed by atoms with Crippen molar-refractivity contribution in [1.82, 2.24) is 0 Å². The molecule has 3 heteroatoms. The standard InChI is InChI=1S/C11H13ClO2/c1-9(8-12)14-11(13)7-10-5-3-2-4-6-10/h2-6,9H,7-8H2,1H3. The first-order chi connectivity index (χ1) is 6.72. The zero-order chi connectivity index (χ0) is 10.4. The van der Waals surface area contributed by atoms with Crippen LogP contribution in [0.1, 0.15) is 12.5 Å². The molecule has 1 unspecified atom stereocenters. The Morgan fingerprint density at radius 2 is 2.07 bits per heavy atom. The van der Waals surface area contributed by atoms with Gasteiger partial charge in [-0.05, 0) is 12.5 Å². The van der Waals surface area contributed by atoms with Gasteiger partial charge in [0.15, 0.2) is 0 Å². The fourth-order valence-corrected chi connectivity index (χ4v) is 1.12. The van der Waals surface area contributed by atoms with Crippen molar-refractivity contribution in [1.29, 1.82) is 0 Å². The highest BCUT2D eigenvalue weighted by molar-refractivity contribution is 6.18. The monoisotopic (exact) mass is 212 g/mol. The number of ether oxygens (including phenoxy) is 1. The maximum Gasteiger partial charge on any atom is 0.310 e. The first-order valence-electron chi connectivity index (χ1n) is 4.51. The molecule has 1 aromatic rings. The van der Waals surface area contributed by atoms with Gasteiger partial charge in [-0.2, -0.15) is 0 Å². The first-order valence-corrected chi connectivity index (χ1v) is 5.05. The van der Waals surface area contributed by atoms with E-state index in [1.165, 1.54) is 0 Å². The Morgan fingerprint density at radius 3 is 2.64 bits per heavy atom. The van der Waals surface area contributed by atoms with E-state index in [0.717, 1.165) is 5.56 Å². The summed E-state index contributed by atoms with van der Waals surface area (Å²) in [7, 11) is 0. The van der Waals surface area contributed by atoms with Crippen LogP contribution in [0.25, 0.3) is 0 Å². The number of benzene rings is 1. The van der Waals surface area contributed by atoms with E-state index in [1.807, 2.05) is 30.3 Å². The summed E-state index contributed by atoms with van der Waals surface area (Å²) in [6, 6.07) is 9.50. The smallest absolute Gasteiger partial charge is 0.310 e. The molecule has 0 aromatic heterocycles. The Labute approximate surface area is 88.8 Å². The molecule has 0 N–H and O–H groups in total. The normalized spacial score (nSPS) is 12.1. The molecule has 0 aliphatic rings. The van der Waals surface area contributed by atoms with E-state index in [1.54, 1.807) is 6.92 Å². The molecular formula is C11H13ClO2. The van der Waals surface area contributed by atoms with E-state index in [9.17, 15) is 4.79 Å². The molecule has 1 aromatic carbocycles. The number of alkyl halides is 1. The highest BCUT2D eigenvalue weighted by atomic mass is 35.5. The fraction of sp³-hybridized carbons (Fsp3) is 0.364. The third-order valence-electron chi connectivity index (χ3n) is 1.74. The molecule has 0 aliphatic heterocycles. The quantitative estimate of drug-likeness (QED) is 0.566. The predicted octanol–water partition coefficient (Wildman–Crippen LogP) is 2.40. The van der Waals surface area contributed by atoms with Gasteiger partial charge in [0, 0.05) is 0 Å². The van der Waals surface area contributed by atoms with Crippen molar-refractivity contribution in [3.63, 3.8) is 0 Å². The van der Waals surface area contributed by atoms with Crippen LogP contribution < -0.4 is 0 Å². The van der Waals surface area contributed by atoms with Crippen LogP contribution in [-0.4, -0.2) is 18.0 Å². The largest absolute Gasteiger partial charge is 0.461 e. The molecule has 0 heterocycles. The van der Waals surface area contributed by atoms with Crippen molar-refractivity contribution in [2.24, 2.45) is 0 Å². The number of esters is 1. The summed E-state index contributed by atoms with van der Waals surface area (Å²) in [5.41, 5.74) is 0.958. The Hall–Kier alpha value is -1.02. The van der Waals surface area contributed by atoms with Gasteiger partial charge in [0.2, 0.25) is 0 Å². The van der Waals surface area contributed by atoms with Crippen LogP contribution in [0.3, 0.4) is 0 Å². The van der Waals surface area contributed by atoms with Crippen LogP contribution in [-0.2, 0) is 16.0 Å². The minimum absolute atomic E-state index is 0.215. The molecule has 1 atom stereocenters. The molecule has 0 bridgehead atoms. The van der Waals surface area contributed by atoms with Crippen molar-refractivity contribution >= 4 is 17.6 Å². The van der Waals surface area contributed by atoms with Crippen LogP contribution in [0, 0.1) is 0 Å². The molecule has 0 radical (unpaired) electrons. The van der Waals surface area contributed by atoms with Gasteiger partial charge in [0.1, 0.15) is 6.10 Å². The van der Waals surface area contributed by atoms with Crippen molar-refractivity contribution in [3.05, 3.63) is 35.9 Å². The number of carbonyl (C=O) groups excluding carboxylic acids is 1. The second-order valence-corrected chi connectivity index (χ2v) is 3.43. The second kappa shape index (κ2) is 5.66. The third-order valence-corrected chi connectivity index (χ3v) is 2.18. The molecule has 1 rings (SSSR count). The summed E-state index contributed by atoms with van der Waals surface area (Å²) in [5, 5.41) is 0. The van der Waals surface area contributed by atoms with E-state index in [0.29, 0.717) is 12.3 Å². The maximum absolute atomic E-state index is 11.3. The molecule has 0 amide bonds. The van der Waals surface area contributed by atoms with E-state index in [2.05, 4.69) is 0 Å². The molecule has 0 aliphatic carbocycles. The first kappa shape index (κ1) is 11.1. The summed E-state index contributed by atoms with van der Waals surface area (Å²) in [4.78, 5) is 11.3. The summed E-state index contributed by atoms with van der Waals surface area (Å²) < 4.78 is 5.03. The van der Waals surface area contributed by atoms with E-state index in [4.69, 9.17) is 16.3 Å². The number of hydrogen-bond donors (Lipinski definition) is 0. The summed E-state index contributed by atoms with van der Waals surface area (Å²) in [6.45, 7) is 1.77. The topological polar surface area (TPSA) is 26.3 Å². The van der Waals surface area contributed by atoms with Gasteiger partial charge in [-0.1, -0.05) is 30.3 Å². The van der Waals surface area contributed by atoms with Crippen LogP contribution in [0.15, 0.2) is 30.3 Å². The lowest BCUT2D eigenvalue weighted by Crippen LogP contribution is -2.17. The van der Waals surface area contributed by atoms with E-state index < -0.39 is 0 Å². The van der Waals surface area contributed by atoms with Gasteiger partial charge in [-0.3, -0.25) is 4.79 Å². The molecule has 0 spiro atoms. The lowest BCUT2D eigenvalue weighted by Gasteiger charge is -2.09. The zero-order valence-electron chi connectivity index (χ0n) is 8.07. The summed E-state index contributed by atoms with van der Waals surface area (Å²) >= 11 is 5.52. The zero-order valence-corrected chi connectivity index (χ0v) is 8.83.